The maximum atomic E-state index is 3.53. The SMILES string of the molecule is CCN(CC)C1CCN(CCCC2CCCNC2)C1. The molecule has 0 saturated carbocycles. The van der Waals surface area contributed by atoms with E-state index < -0.39 is 0 Å². The fourth-order valence-electron chi connectivity index (χ4n) is 3.83. The Morgan fingerprint density at radius 1 is 1.21 bits per heavy atom. The van der Waals surface area contributed by atoms with Gasteiger partial charge in [-0.25, -0.2) is 0 Å². The Balaban J connectivity index is 1.59. The van der Waals surface area contributed by atoms with Gasteiger partial charge < -0.3 is 10.2 Å². The molecule has 3 nitrogen and oxygen atoms in total. The lowest BCUT2D eigenvalue weighted by Crippen LogP contribution is -2.37. The number of nitrogens with one attached hydrogen (secondary N) is 1. The molecule has 3 heteroatoms. The van der Waals surface area contributed by atoms with E-state index in [1.807, 2.05) is 0 Å². The van der Waals surface area contributed by atoms with Crippen LogP contribution in [0.3, 0.4) is 0 Å². The normalized spacial score (nSPS) is 29.2. The van der Waals surface area contributed by atoms with Crippen molar-refractivity contribution in [3.8, 4) is 0 Å². The number of hydrogen-bond donors (Lipinski definition) is 1. The predicted octanol–water partition coefficient (Wildman–Crippen LogP) is 2.18. The third-order valence-electron chi connectivity index (χ3n) is 5.06. The first-order valence-corrected chi connectivity index (χ1v) is 8.50. The van der Waals surface area contributed by atoms with E-state index in [0.717, 1.165) is 12.0 Å². The van der Waals surface area contributed by atoms with Crippen LogP contribution in [0.1, 0.15) is 46.0 Å². The Kier molecular flexibility index (Phi) is 6.62. The predicted molar refractivity (Wildman–Crippen MR) is 82.6 cm³/mol. The van der Waals surface area contributed by atoms with E-state index in [1.165, 1.54) is 77.9 Å². The van der Waals surface area contributed by atoms with E-state index in [4.69, 9.17) is 0 Å². The minimum absolute atomic E-state index is 0.825. The molecule has 1 N–H and O–H groups in total. The Bertz CT molecular complexity index is 234. The lowest BCUT2D eigenvalue weighted by Gasteiger charge is -2.26. The molecule has 2 fully saturated rings. The molecule has 0 aromatic carbocycles. The summed E-state index contributed by atoms with van der Waals surface area (Å²) in [4.78, 5) is 5.32. The maximum Gasteiger partial charge on any atom is 0.0235 e. The molecule has 112 valence electrons. The van der Waals surface area contributed by atoms with Crippen molar-refractivity contribution >= 4 is 0 Å². The highest BCUT2D eigenvalue weighted by atomic mass is 15.2. The van der Waals surface area contributed by atoms with Crippen molar-refractivity contribution in [2.45, 2.75) is 52.0 Å². The third kappa shape index (κ3) is 4.73. The van der Waals surface area contributed by atoms with E-state index in [2.05, 4.69) is 29.0 Å². The second-order valence-electron chi connectivity index (χ2n) is 6.32. The molecular weight excluding hydrogens is 234 g/mol. The van der Waals surface area contributed by atoms with Crippen LogP contribution in [0, 0.1) is 5.92 Å². The van der Waals surface area contributed by atoms with Gasteiger partial charge in [0.15, 0.2) is 0 Å². The maximum absolute atomic E-state index is 3.53. The standard InChI is InChI=1S/C16H33N3/c1-3-19(4-2)16-9-12-18(14-16)11-6-8-15-7-5-10-17-13-15/h15-17H,3-14H2,1-2H3. The number of hydrogen-bond acceptors (Lipinski definition) is 3. The highest BCUT2D eigenvalue weighted by Gasteiger charge is 2.25. The van der Waals surface area contributed by atoms with Gasteiger partial charge in [-0.3, -0.25) is 4.90 Å². The van der Waals surface area contributed by atoms with Gasteiger partial charge in [0.2, 0.25) is 0 Å². The van der Waals surface area contributed by atoms with Crippen LogP contribution in [0.2, 0.25) is 0 Å². The Morgan fingerprint density at radius 3 is 2.74 bits per heavy atom. The number of piperidine rings is 1. The highest BCUT2D eigenvalue weighted by Crippen LogP contribution is 2.19. The summed E-state index contributed by atoms with van der Waals surface area (Å²) in [5.74, 6) is 0.954. The number of rotatable bonds is 7. The average Bonchev–Trinajstić information content (AvgIpc) is 2.90. The molecule has 2 aliphatic rings. The molecule has 0 bridgehead atoms. The van der Waals surface area contributed by atoms with Crippen molar-refractivity contribution in [2.24, 2.45) is 5.92 Å². The van der Waals surface area contributed by atoms with Gasteiger partial charge in [0.1, 0.15) is 0 Å². The van der Waals surface area contributed by atoms with E-state index in [1.54, 1.807) is 0 Å². The van der Waals surface area contributed by atoms with E-state index in [9.17, 15) is 0 Å². The van der Waals surface area contributed by atoms with E-state index >= 15 is 0 Å². The van der Waals surface area contributed by atoms with Crippen LogP contribution in [-0.4, -0.2) is 61.7 Å². The molecule has 2 unspecified atom stereocenters. The highest BCUT2D eigenvalue weighted by molar-refractivity contribution is 4.82. The summed E-state index contributed by atoms with van der Waals surface area (Å²) in [6.45, 7) is 13.5. The Labute approximate surface area is 119 Å². The van der Waals surface area contributed by atoms with Crippen LogP contribution in [-0.2, 0) is 0 Å². The molecule has 2 heterocycles. The first-order chi connectivity index (χ1) is 9.33. The monoisotopic (exact) mass is 267 g/mol. The topological polar surface area (TPSA) is 18.5 Å². The molecule has 2 saturated heterocycles. The summed E-state index contributed by atoms with van der Waals surface area (Å²) in [6, 6.07) is 0.825. The van der Waals surface area contributed by atoms with Crippen molar-refractivity contribution < 1.29 is 0 Å². The largest absolute Gasteiger partial charge is 0.316 e. The smallest absolute Gasteiger partial charge is 0.0235 e. The first kappa shape index (κ1) is 15.3. The van der Waals surface area contributed by atoms with Gasteiger partial charge in [-0.1, -0.05) is 13.8 Å². The minimum Gasteiger partial charge on any atom is -0.316 e. The van der Waals surface area contributed by atoms with Crippen LogP contribution >= 0.6 is 0 Å². The molecule has 19 heavy (non-hydrogen) atoms. The zero-order chi connectivity index (χ0) is 13.5. The molecule has 0 aliphatic carbocycles. The van der Waals surface area contributed by atoms with Gasteiger partial charge in [-0.15, -0.1) is 0 Å². The average molecular weight is 267 g/mol. The van der Waals surface area contributed by atoms with Crippen molar-refractivity contribution in [1.29, 1.82) is 0 Å². The van der Waals surface area contributed by atoms with Crippen molar-refractivity contribution in [3.05, 3.63) is 0 Å². The molecule has 0 spiro atoms. The molecule has 2 rings (SSSR count). The lowest BCUT2D eigenvalue weighted by molar-refractivity contribution is 0.208. The fourth-order valence-corrected chi connectivity index (χ4v) is 3.83. The summed E-state index contributed by atoms with van der Waals surface area (Å²) < 4.78 is 0. The quantitative estimate of drug-likeness (QED) is 0.763. The van der Waals surface area contributed by atoms with Gasteiger partial charge in [0.25, 0.3) is 0 Å². The fraction of sp³-hybridized carbons (Fsp3) is 1.00. The van der Waals surface area contributed by atoms with Crippen LogP contribution in [0.5, 0.6) is 0 Å². The van der Waals surface area contributed by atoms with Crippen molar-refractivity contribution in [3.63, 3.8) is 0 Å². The van der Waals surface area contributed by atoms with Gasteiger partial charge in [-0.2, -0.15) is 0 Å². The van der Waals surface area contributed by atoms with Gasteiger partial charge in [-0.05, 0) is 77.3 Å². The summed E-state index contributed by atoms with van der Waals surface area (Å²) in [7, 11) is 0. The van der Waals surface area contributed by atoms with Gasteiger partial charge in [0, 0.05) is 12.6 Å². The van der Waals surface area contributed by atoms with E-state index in [0.29, 0.717) is 0 Å². The molecule has 0 radical (unpaired) electrons. The molecular formula is C16H33N3. The Morgan fingerprint density at radius 2 is 2.05 bits per heavy atom. The van der Waals surface area contributed by atoms with Crippen molar-refractivity contribution in [1.82, 2.24) is 15.1 Å². The summed E-state index contributed by atoms with van der Waals surface area (Å²) in [6.07, 6.45) is 7.05. The molecule has 2 aliphatic heterocycles. The molecule has 2 atom stereocenters. The molecule has 0 amide bonds. The number of nitrogens with zero attached hydrogens (tertiary/aromatic N) is 2. The lowest BCUT2D eigenvalue weighted by atomic mass is 9.95. The Hall–Kier alpha value is -0.120. The number of likely N-dealkylation sites (tertiary alicyclic amines) is 1. The molecule has 0 aromatic heterocycles. The summed E-state index contributed by atoms with van der Waals surface area (Å²) >= 11 is 0. The minimum atomic E-state index is 0.825. The van der Waals surface area contributed by atoms with Crippen LogP contribution in [0.25, 0.3) is 0 Å². The first-order valence-electron chi connectivity index (χ1n) is 8.50. The zero-order valence-corrected chi connectivity index (χ0v) is 13.0. The van der Waals surface area contributed by atoms with Gasteiger partial charge in [0.05, 0.1) is 0 Å². The summed E-state index contributed by atoms with van der Waals surface area (Å²) in [5, 5.41) is 3.53. The van der Waals surface area contributed by atoms with E-state index in [-0.39, 0.29) is 0 Å². The second kappa shape index (κ2) is 8.23. The van der Waals surface area contributed by atoms with Crippen molar-refractivity contribution in [2.75, 3.05) is 45.8 Å². The number of likely N-dealkylation sites (N-methyl/N-ethyl adjacent to an activating group) is 1. The summed E-state index contributed by atoms with van der Waals surface area (Å²) in [5.41, 5.74) is 0. The third-order valence-corrected chi connectivity index (χ3v) is 5.06. The van der Waals surface area contributed by atoms with Crippen LogP contribution < -0.4 is 5.32 Å². The van der Waals surface area contributed by atoms with Gasteiger partial charge >= 0.3 is 0 Å². The van der Waals surface area contributed by atoms with Crippen LogP contribution in [0.4, 0.5) is 0 Å². The zero-order valence-electron chi connectivity index (χ0n) is 13.0. The van der Waals surface area contributed by atoms with Crippen LogP contribution in [0.15, 0.2) is 0 Å². The second-order valence-corrected chi connectivity index (χ2v) is 6.32. The molecule has 0 aromatic rings.